The van der Waals surface area contributed by atoms with E-state index in [4.69, 9.17) is 9.47 Å². The lowest BCUT2D eigenvalue weighted by atomic mass is 10.1. The van der Waals surface area contributed by atoms with Crippen molar-refractivity contribution in [3.8, 4) is 11.5 Å². The summed E-state index contributed by atoms with van der Waals surface area (Å²) in [5, 5.41) is 0. The number of thiol groups is 1. The van der Waals surface area contributed by atoms with E-state index < -0.39 is 0 Å². The number of hydrogen-bond acceptors (Lipinski definition) is 4. The molecule has 0 fully saturated rings. The van der Waals surface area contributed by atoms with Gasteiger partial charge >= 0.3 is 0 Å². The summed E-state index contributed by atoms with van der Waals surface area (Å²) in [6, 6.07) is 6.16. The minimum absolute atomic E-state index is 0.646. The maximum absolute atomic E-state index is 5.54. The van der Waals surface area contributed by atoms with Crippen LogP contribution in [0, 0.1) is 0 Å². The summed E-state index contributed by atoms with van der Waals surface area (Å²) < 4.78 is 11.0. The van der Waals surface area contributed by atoms with Gasteiger partial charge in [0.25, 0.3) is 0 Å². The van der Waals surface area contributed by atoms with Gasteiger partial charge in [-0.15, -0.1) is 0 Å². The first-order valence-electron chi connectivity index (χ1n) is 5.47. The number of fused-ring (bicyclic) bond motifs is 1. The molecular weight excluding hydrogens is 222 g/mol. The maximum atomic E-state index is 5.54. The molecule has 4 heteroatoms. The fraction of sp³-hybridized carbons (Fsp3) is 0.500. The number of rotatable bonds is 4. The molecule has 1 aliphatic heterocycles. The van der Waals surface area contributed by atoms with Gasteiger partial charge in [-0.1, -0.05) is 6.07 Å². The topological polar surface area (TPSA) is 21.7 Å². The largest absolute Gasteiger partial charge is 0.486 e. The maximum Gasteiger partial charge on any atom is 0.161 e. The summed E-state index contributed by atoms with van der Waals surface area (Å²) in [6.45, 7) is 2.30. The molecule has 3 nitrogen and oxygen atoms in total. The number of nitrogens with zero attached hydrogens (tertiary/aromatic N) is 1. The third-order valence-corrected chi connectivity index (χ3v) is 3.11. The van der Waals surface area contributed by atoms with Crippen molar-refractivity contribution in [1.29, 1.82) is 0 Å². The van der Waals surface area contributed by atoms with Crippen molar-refractivity contribution in [3.63, 3.8) is 0 Å². The molecule has 1 aromatic carbocycles. The highest BCUT2D eigenvalue weighted by molar-refractivity contribution is 7.80. The van der Waals surface area contributed by atoms with Crippen molar-refractivity contribution in [2.24, 2.45) is 0 Å². The molecule has 0 radical (unpaired) electrons. The fourth-order valence-electron chi connectivity index (χ4n) is 1.63. The molecule has 0 spiro atoms. The smallest absolute Gasteiger partial charge is 0.161 e. The van der Waals surface area contributed by atoms with Gasteiger partial charge in [-0.2, -0.15) is 12.6 Å². The molecule has 1 heterocycles. The van der Waals surface area contributed by atoms with Gasteiger partial charge in [0.1, 0.15) is 13.2 Å². The highest BCUT2D eigenvalue weighted by Gasteiger charge is 2.11. The van der Waals surface area contributed by atoms with E-state index in [0.717, 1.165) is 30.3 Å². The minimum atomic E-state index is 0.646. The number of likely N-dealkylation sites (N-methyl/N-ethyl adjacent to an activating group) is 1. The van der Waals surface area contributed by atoms with Crippen LogP contribution in [0.1, 0.15) is 5.56 Å². The average Bonchev–Trinajstić information content (AvgIpc) is 2.35. The molecule has 1 aliphatic rings. The molecule has 16 heavy (non-hydrogen) atoms. The van der Waals surface area contributed by atoms with Gasteiger partial charge in [-0.05, 0) is 31.2 Å². The Kier molecular flexibility index (Phi) is 3.96. The van der Waals surface area contributed by atoms with Gasteiger partial charge in [0, 0.05) is 12.4 Å². The Morgan fingerprint density at radius 2 is 2.00 bits per heavy atom. The zero-order chi connectivity index (χ0) is 11.4. The fourth-order valence-corrected chi connectivity index (χ4v) is 1.78. The average molecular weight is 239 g/mol. The summed E-state index contributed by atoms with van der Waals surface area (Å²) in [5.41, 5.74) is 1.28. The van der Waals surface area contributed by atoms with Crippen molar-refractivity contribution in [3.05, 3.63) is 23.8 Å². The van der Waals surface area contributed by atoms with Gasteiger partial charge in [0.05, 0.1) is 0 Å². The monoisotopic (exact) mass is 239 g/mol. The second-order valence-corrected chi connectivity index (χ2v) is 4.23. The van der Waals surface area contributed by atoms with Crippen LogP contribution in [0.2, 0.25) is 0 Å². The Morgan fingerprint density at radius 3 is 2.75 bits per heavy atom. The Morgan fingerprint density at radius 1 is 1.25 bits per heavy atom. The van der Waals surface area contributed by atoms with Gasteiger partial charge in [0.2, 0.25) is 0 Å². The second kappa shape index (κ2) is 5.46. The van der Waals surface area contributed by atoms with E-state index in [1.165, 1.54) is 5.56 Å². The van der Waals surface area contributed by atoms with Crippen molar-refractivity contribution in [1.82, 2.24) is 4.90 Å². The van der Waals surface area contributed by atoms with E-state index in [9.17, 15) is 0 Å². The van der Waals surface area contributed by atoms with Crippen LogP contribution in [-0.4, -0.2) is 37.6 Å². The Hall–Kier alpha value is -0.870. The number of benzene rings is 1. The van der Waals surface area contributed by atoms with Crippen molar-refractivity contribution < 1.29 is 9.47 Å². The minimum Gasteiger partial charge on any atom is -0.486 e. The molecule has 1 aromatic rings. The van der Waals surface area contributed by atoms with E-state index >= 15 is 0 Å². The first kappa shape index (κ1) is 11.6. The summed E-state index contributed by atoms with van der Waals surface area (Å²) >= 11 is 4.22. The molecule has 88 valence electrons. The van der Waals surface area contributed by atoms with E-state index in [2.05, 4.69) is 36.7 Å². The molecule has 0 unspecified atom stereocenters. The van der Waals surface area contributed by atoms with Crippen LogP contribution in [0.15, 0.2) is 18.2 Å². The van der Waals surface area contributed by atoms with Crippen LogP contribution in [0.25, 0.3) is 0 Å². The van der Waals surface area contributed by atoms with E-state index in [0.29, 0.717) is 13.2 Å². The lowest BCUT2D eigenvalue weighted by Gasteiger charge is -2.19. The molecule has 0 saturated carbocycles. The van der Waals surface area contributed by atoms with E-state index in [1.54, 1.807) is 0 Å². The molecule has 0 aliphatic carbocycles. The molecule has 0 atom stereocenters. The predicted molar refractivity (Wildman–Crippen MR) is 67.6 cm³/mol. The highest BCUT2D eigenvalue weighted by atomic mass is 32.1. The normalized spacial score (nSPS) is 14.2. The van der Waals surface area contributed by atoms with Crippen LogP contribution in [0.3, 0.4) is 0 Å². The van der Waals surface area contributed by atoms with Crippen LogP contribution in [0.5, 0.6) is 11.5 Å². The molecule has 0 aromatic heterocycles. The van der Waals surface area contributed by atoms with E-state index in [-0.39, 0.29) is 0 Å². The molecular formula is C12H17NO2S. The van der Waals surface area contributed by atoms with Crippen LogP contribution < -0.4 is 9.47 Å². The summed E-state index contributed by atoms with van der Waals surface area (Å²) in [4.78, 5) is 2.17. The van der Waals surface area contributed by atoms with Gasteiger partial charge in [-0.3, -0.25) is 4.90 Å². The van der Waals surface area contributed by atoms with E-state index in [1.807, 2.05) is 6.07 Å². The Bertz CT molecular complexity index is 357. The molecule has 2 rings (SSSR count). The summed E-state index contributed by atoms with van der Waals surface area (Å²) in [7, 11) is 2.06. The predicted octanol–water partition coefficient (Wildman–Crippen LogP) is 1.82. The first-order chi connectivity index (χ1) is 7.79. The van der Waals surface area contributed by atoms with Crippen molar-refractivity contribution >= 4 is 12.6 Å². The lowest BCUT2D eigenvalue weighted by Crippen LogP contribution is -2.19. The number of ether oxygens (including phenoxy) is 2. The third-order valence-electron chi connectivity index (χ3n) is 2.63. The quantitative estimate of drug-likeness (QED) is 0.640. The van der Waals surface area contributed by atoms with Gasteiger partial charge < -0.3 is 9.47 Å². The molecule has 0 saturated heterocycles. The molecule has 0 N–H and O–H groups in total. The first-order valence-corrected chi connectivity index (χ1v) is 6.11. The highest BCUT2D eigenvalue weighted by Crippen LogP contribution is 2.30. The summed E-state index contributed by atoms with van der Waals surface area (Å²) in [6.07, 6.45) is 1.01. The Labute approximate surface area is 102 Å². The SMILES string of the molecule is CN(CS)CCc1ccc2c(c1)OCCO2. The van der Waals surface area contributed by atoms with Crippen LogP contribution >= 0.6 is 12.6 Å². The van der Waals surface area contributed by atoms with Crippen LogP contribution in [-0.2, 0) is 6.42 Å². The van der Waals surface area contributed by atoms with Gasteiger partial charge in [-0.25, -0.2) is 0 Å². The molecule has 0 amide bonds. The second-order valence-electron chi connectivity index (χ2n) is 3.95. The summed E-state index contributed by atoms with van der Waals surface area (Å²) in [5.74, 6) is 2.51. The Balaban J connectivity index is 2.00. The van der Waals surface area contributed by atoms with Crippen molar-refractivity contribution in [2.75, 3.05) is 32.7 Å². The van der Waals surface area contributed by atoms with Crippen molar-refractivity contribution in [2.45, 2.75) is 6.42 Å². The zero-order valence-corrected chi connectivity index (χ0v) is 10.4. The lowest BCUT2D eigenvalue weighted by molar-refractivity contribution is 0.171. The van der Waals surface area contributed by atoms with Crippen LogP contribution in [0.4, 0.5) is 0 Å². The van der Waals surface area contributed by atoms with Gasteiger partial charge in [0.15, 0.2) is 11.5 Å². The number of hydrogen-bond donors (Lipinski definition) is 1. The third kappa shape index (κ3) is 2.83. The zero-order valence-electron chi connectivity index (χ0n) is 9.48. The standard InChI is InChI=1S/C12H17NO2S/c1-13(9-16)5-4-10-2-3-11-12(8-10)15-7-6-14-11/h2-3,8,16H,4-7,9H2,1H3. The molecule has 0 bridgehead atoms.